The van der Waals surface area contributed by atoms with Crippen LogP contribution in [0.25, 0.3) is 0 Å². The van der Waals surface area contributed by atoms with Gasteiger partial charge in [-0.15, -0.1) is 11.8 Å². The summed E-state index contributed by atoms with van der Waals surface area (Å²) in [5.41, 5.74) is 4.96. The number of fused-ring (bicyclic) bond motifs is 1. The Balaban J connectivity index is 1.59. The van der Waals surface area contributed by atoms with Crippen molar-refractivity contribution in [2.75, 3.05) is 6.54 Å². The molecule has 1 aromatic carbocycles. The molecule has 126 valence electrons. The Morgan fingerprint density at radius 3 is 2.79 bits per heavy atom. The summed E-state index contributed by atoms with van der Waals surface area (Å²) in [4.78, 5) is 26.4. The molecule has 0 spiro atoms. The Morgan fingerprint density at radius 2 is 2.08 bits per heavy atom. The van der Waals surface area contributed by atoms with E-state index in [0.717, 1.165) is 16.0 Å². The average molecular weight is 345 g/mol. The minimum Gasteiger partial charge on any atom is -0.334 e. The van der Waals surface area contributed by atoms with E-state index >= 15 is 0 Å². The van der Waals surface area contributed by atoms with Crippen LogP contribution in [-0.2, 0) is 11.3 Å². The van der Waals surface area contributed by atoms with E-state index in [-0.39, 0.29) is 6.03 Å². The van der Waals surface area contributed by atoms with Gasteiger partial charge in [-0.1, -0.05) is 35.9 Å². The number of carbonyl (C=O) groups excluding carboxylic acids is 2. The number of thioether (sulfide) groups is 1. The van der Waals surface area contributed by atoms with E-state index in [1.807, 2.05) is 37.3 Å². The number of nitrogens with zero attached hydrogens (tertiary/aromatic N) is 1. The Labute approximate surface area is 144 Å². The average Bonchev–Trinajstić information content (AvgIpc) is 3.03. The molecule has 1 aromatic rings. The fourth-order valence-corrected chi connectivity index (χ4v) is 3.79. The van der Waals surface area contributed by atoms with Gasteiger partial charge in [0, 0.05) is 24.2 Å². The van der Waals surface area contributed by atoms with Crippen LogP contribution in [-0.4, -0.2) is 33.8 Å². The first-order chi connectivity index (χ1) is 11.6. The molecule has 1 unspecified atom stereocenters. The first-order valence-electron chi connectivity index (χ1n) is 7.70. The molecule has 3 N–H and O–H groups in total. The molecule has 0 radical (unpaired) electrons. The molecule has 0 aliphatic carbocycles. The number of carbonyl (C=O) groups is 2. The summed E-state index contributed by atoms with van der Waals surface area (Å²) in [5, 5.41) is 11.2. The summed E-state index contributed by atoms with van der Waals surface area (Å²) >= 11 is 1.34. The van der Waals surface area contributed by atoms with E-state index < -0.39 is 11.2 Å². The molecule has 0 fully saturated rings. The van der Waals surface area contributed by atoms with Crippen LogP contribution in [0.1, 0.15) is 17.5 Å². The fourth-order valence-electron chi connectivity index (χ4n) is 2.62. The Bertz CT molecular complexity index is 712. The lowest BCUT2D eigenvalue weighted by molar-refractivity contribution is -0.127. The number of urea groups is 1. The zero-order valence-electron chi connectivity index (χ0n) is 13.3. The minimum absolute atomic E-state index is 0.155. The van der Waals surface area contributed by atoms with Gasteiger partial charge in [0.1, 0.15) is 5.25 Å². The number of hydrogen-bond donors (Lipinski definition) is 3. The zero-order valence-corrected chi connectivity index (χ0v) is 14.1. The fraction of sp³-hybridized carbons (Fsp3) is 0.294. The molecule has 1 atom stereocenters. The number of hydroxylamine groups is 1. The highest BCUT2D eigenvalue weighted by molar-refractivity contribution is 8.05. The van der Waals surface area contributed by atoms with Crippen molar-refractivity contribution >= 4 is 23.7 Å². The van der Waals surface area contributed by atoms with Crippen LogP contribution in [0.5, 0.6) is 0 Å². The van der Waals surface area contributed by atoms with Crippen LogP contribution in [0.15, 0.2) is 47.0 Å². The Morgan fingerprint density at radius 1 is 1.33 bits per heavy atom. The van der Waals surface area contributed by atoms with Crippen molar-refractivity contribution in [1.82, 2.24) is 15.7 Å². The van der Waals surface area contributed by atoms with Crippen molar-refractivity contribution in [2.24, 2.45) is 0 Å². The van der Waals surface area contributed by atoms with E-state index in [9.17, 15) is 9.59 Å². The summed E-state index contributed by atoms with van der Waals surface area (Å²) < 4.78 is 0. The van der Waals surface area contributed by atoms with Gasteiger partial charge in [0.05, 0.1) is 0 Å². The number of rotatable bonds is 3. The Kier molecular flexibility index (Phi) is 4.92. The molecule has 7 heteroatoms. The quantitative estimate of drug-likeness (QED) is 0.580. The molecule has 0 aromatic heterocycles. The second kappa shape index (κ2) is 7.11. The summed E-state index contributed by atoms with van der Waals surface area (Å²) in [7, 11) is 0. The van der Waals surface area contributed by atoms with Crippen molar-refractivity contribution in [3.63, 3.8) is 0 Å². The normalized spacial score (nSPS) is 19.2. The highest BCUT2D eigenvalue weighted by atomic mass is 32.2. The predicted octanol–water partition coefficient (Wildman–Crippen LogP) is 2.30. The number of amides is 3. The second-order valence-corrected chi connectivity index (χ2v) is 6.97. The van der Waals surface area contributed by atoms with Crippen molar-refractivity contribution < 1.29 is 14.8 Å². The van der Waals surface area contributed by atoms with E-state index in [0.29, 0.717) is 19.5 Å². The molecule has 24 heavy (non-hydrogen) atoms. The summed E-state index contributed by atoms with van der Waals surface area (Å²) in [6.07, 6.45) is 4.31. The van der Waals surface area contributed by atoms with Crippen molar-refractivity contribution in [3.8, 4) is 0 Å². The van der Waals surface area contributed by atoms with E-state index in [1.165, 1.54) is 17.3 Å². The smallest absolute Gasteiger partial charge is 0.321 e. The summed E-state index contributed by atoms with van der Waals surface area (Å²) in [5.74, 6) is -0.446. The van der Waals surface area contributed by atoms with Gasteiger partial charge in [0.2, 0.25) is 0 Å². The highest BCUT2D eigenvalue weighted by Crippen LogP contribution is 2.40. The lowest BCUT2D eigenvalue weighted by Crippen LogP contribution is -2.38. The van der Waals surface area contributed by atoms with Crippen LogP contribution in [0.4, 0.5) is 4.79 Å². The van der Waals surface area contributed by atoms with Gasteiger partial charge >= 0.3 is 6.03 Å². The number of nitrogens with one attached hydrogen (secondary N) is 2. The lowest BCUT2D eigenvalue weighted by atomic mass is 10.1. The van der Waals surface area contributed by atoms with Crippen LogP contribution >= 0.6 is 11.8 Å². The van der Waals surface area contributed by atoms with Crippen LogP contribution in [0.3, 0.4) is 0 Å². The van der Waals surface area contributed by atoms with E-state index in [2.05, 4.69) is 5.32 Å². The number of benzene rings is 1. The molecule has 3 rings (SSSR count). The molecule has 0 saturated heterocycles. The van der Waals surface area contributed by atoms with Crippen LogP contribution in [0, 0.1) is 6.92 Å². The number of allylic oxidation sites excluding steroid dienone is 1. The first kappa shape index (κ1) is 16.6. The Hall–Kier alpha value is -2.25. The van der Waals surface area contributed by atoms with E-state index in [1.54, 1.807) is 16.6 Å². The van der Waals surface area contributed by atoms with Crippen molar-refractivity contribution in [2.45, 2.75) is 25.1 Å². The van der Waals surface area contributed by atoms with Gasteiger partial charge in [-0.05, 0) is 24.5 Å². The lowest BCUT2D eigenvalue weighted by Gasteiger charge is -2.25. The second-order valence-electron chi connectivity index (χ2n) is 5.79. The van der Waals surface area contributed by atoms with Gasteiger partial charge < -0.3 is 5.32 Å². The molecule has 0 bridgehead atoms. The molecule has 2 heterocycles. The van der Waals surface area contributed by atoms with Crippen molar-refractivity contribution in [1.29, 1.82) is 0 Å². The monoisotopic (exact) mass is 345 g/mol. The number of hydrogen-bond acceptors (Lipinski definition) is 4. The minimum atomic E-state index is -0.446. The van der Waals surface area contributed by atoms with Crippen LogP contribution < -0.4 is 10.8 Å². The van der Waals surface area contributed by atoms with Gasteiger partial charge in [-0.25, -0.2) is 10.3 Å². The molecule has 6 nitrogen and oxygen atoms in total. The SMILES string of the molecule is Cc1ccc(CNC(=O)N2C=C3SC(C(=O)NO)C=C3CC2)cc1. The molecule has 0 saturated carbocycles. The largest absolute Gasteiger partial charge is 0.334 e. The molecular weight excluding hydrogens is 326 g/mol. The zero-order chi connectivity index (χ0) is 17.1. The van der Waals surface area contributed by atoms with E-state index in [4.69, 9.17) is 5.21 Å². The molecule has 2 aliphatic rings. The first-order valence-corrected chi connectivity index (χ1v) is 8.58. The third kappa shape index (κ3) is 3.63. The topological polar surface area (TPSA) is 81.7 Å². The third-order valence-corrected chi connectivity index (χ3v) is 5.24. The molecule has 2 aliphatic heterocycles. The van der Waals surface area contributed by atoms with Gasteiger partial charge in [0.15, 0.2) is 0 Å². The van der Waals surface area contributed by atoms with Gasteiger partial charge in [-0.3, -0.25) is 14.9 Å². The maximum atomic E-state index is 12.3. The van der Waals surface area contributed by atoms with Gasteiger partial charge in [-0.2, -0.15) is 0 Å². The summed E-state index contributed by atoms with van der Waals surface area (Å²) in [6, 6.07) is 7.87. The van der Waals surface area contributed by atoms with Crippen LogP contribution in [0.2, 0.25) is 0 Å². The highest BCUT2D eigenvalue weighted by Gasteiger charge is 2.30. The maximum Gasteiger partial charge on any atom is 0.321 e. The number of aryl methyl sites for hydroxylation is 1. The maximum absolute atomic E-state index is 12.3. The van der Waals surface area contributed by atoms with Gasteiger partial charge in [0.25, 0.3) is 5.91 Å². The molecular formula is C17H19N3O3S. The summed E-state index contributed by atoms with van der Waals surface area (Å²) in [6.45, 7) is 3.07. The third-order valence-electron chi connectivity index (χ3n) is 4.01. The standard InChI is InChI=1S/C17H19N3O3S/c1-11-2-4-12(5-3-11)9-18-17(22)20-7-6-13-8-14(16(21)19-23)24-15(13)10-20/h2-5,8,10,14,23H,6-7,9H2,1H3,(H,18,22)(H,19,21). The van der Waals surface area contributed by atoms with Crippen molar-refractivity contribution in [3.05, 3.63) is 58.1 Å². The predicted molar refractivity (Wildman–Crippen MR) is 92.2 cm³/mol. The molecule has 3 amide bonds.